The summed E-state index contributed by atoms with van der Waals surface area (Å²) in [5.74, 6) is 0. The highest BCUT2D eigenvalue weighted by atomic mass is 32.1. The molecule has 0 spiro atoms. The van der Waals surface area contributed by atoms with Crippen molar-refractivity contribution >= 4 is 95.0 Å². The molecule has 3 aliphatic rings. The third-order valence-corrected chi connectivity index (χ3v) is 12.6. The number of fused-ring (bicyclic) bond motifs is 8. The second-order valence-corrected chi connectivity index (χ2v) is 15.6. The Morgan fingerprint density at radius 3 is 1.62 bits per heavy atom. The van der Waals surface area contributed by atoms with E-state index in [0.717, 1.165) is 11.4 Å². The molecular formula is C47H34BN3S. The molecule has 0 saturated carbocycles. The first-order chi connectivity index (χ1) is 25.6. The summed E-state index contributed by atoms with van der Waals surface area (Å²) in [5.41, 5.74) is 16.1. The number of para-hydroxylation sites is 5. The van der Waals surface area contributed by atoms with Crippen molar-refractivity contribution in [3.63, 3.8) is 0 Å². The van der Waals surface area contributed by atoms with E-state index in [2.05, 4.69) is 198 Å². The molecule has 246 valence electrons. The van der Waals surface area contributed by atoms with Gasteiger partial charge in [-0.05, 0) is 93.6 Å². The smallest absolute Gasteiger partial charge is 0.254 e. The Kier molecular flexibility index (Phi) is 6.27. The predicted molar refractivity (Wildman–Crippen MR) is 223 cm³/mol. The van der Waals surface area contributed by atoms with Crippen LogP contribution in [0.25, 0.3) is 10.1 Å². The van der Waals surface area contributed by atoms with Gasteiger partial charge in [0.1, 0.15) is 0 Å². The molecule has 0 fully saturated rings. The quantitative estimate of drug-likeness (QED) is 0.172. The molecule has 0 atom stereocenters. The summed E-state index contributed by atoms with van der Waals surface area (Å²) in [4.78, 5) is 7.55. The van der Waals surface area contributed by atoms with E-state index in [-0.39, 0.29) is 12.1 Å². The summed E-state index contributed by atoms with van der Waals surface area (Å²) in [6.07, 6.45) is 0. The fraction of sp³-hybridized carbons (Fsp3) is 0.0638. The van der Waals surface area contributed by atoms with Crippen LogP contribution in [0.3, 0.4) is 0 Å². The van der Waals surface area contributed by atoms with Gasteiger partial charge in [-0.3, -0.25) is 0 Å². The molecule has 1 aromatic heterocycles. The van der Waals surface area contributed by atoms with Gasteiger partial charge in [-0.2, -0.15) is 0 Å². The topological polar surface area (TPSA) is 9.72 Å². The molecule has 52 heavy (non-hydrogen) atoms. The van der Waals surface area contributed by atoms with Crippen LogP contribution in [0.15, 0.2) is 170 Å². The molecular weight excluding hydrogens is 649 g/mol. The Morgan fingerprint density at radius 2 is 0.942 bits per heavy atom. The number of rotatable bonds is 3. The van der Waals surface area contributed by atoms with Crippen LogP contribution in [-0.4, -0.2) is 6.71 Å². The zero-order valence-corrected chi connectivity index (χ0v) is 29.8. The highest BCUT2D eigenvalue weighted by Crippen LogP contribution is 2.54. The Labute approximate surface area is 308 Å². The number of thiophene rings is 1. The minimum Gasteiger partial charge on any atom is -0.311 e. The lowest BCUT2D eigenvalue weighted by atomic mass is 9.33. The summed E-state index contributed by atoms with van der Waals surface area (Å²) >= 11 is 1.90. The number of hydrogen-bond donors (Lipinski definition) is 0. The molecule has 0 unspecified atom stereocenters. The van der Waals surface area contributed by atoms with E-state index >= 15 is 0 Å². The molecule has 0 aliphatic carbocycles. The summed E-state index contributed by atoms with van der Waals surface area (Å²) in [6, 6.07) is 62.8. The van der Waals surface area contributed by atoms with Crippen molar-refractivity contribution < 1.29 is 0 Å². The Bertz CT molecular complexity index is 2650. The van der Waals surface area contributed by atoms with Gasteiger partial charge in [0.05, 0.1) is 22.1 Å². The van der Waals surface area contributed by atoms with Crippen molar-refractivity contribution in [3.8, 4) is 0 Å². The fourth-order valence-corrected chi connectivity index (χ4v) is 10.4. The van der Waals surface area contributed by atoms with Gasteiger partial charge < -0.3 is 14.7 Å². The first-order valence-corrected chi connectivity index (χ1v) is 18.9. The van der Waals surface area contributed by atoms with Gasteiger partial charge in [0.15, 0.2) is 0 Å². The molecule has 4 heterocycles. The van der Waals surface area contributed by atoms with Crippen molar-refractivity contribution in [2.45, 2.75) is 19.3 Å². The maximum atomic E-state index is 2.54. The van der Waals surface area contributed by atoms with Crippen LogP contribution in [0, 0.1) is 0 Å². The standard InChI is InChI=1S/C47H34BN3S/c1-47(2)35-22-10-13-25-38(35)50(39-26-14-11-23-36(39)47)33-29-41-45-42(30-33)51(32-19-7-4-8-20-32)46-44(34-21-9-16-28-43(34)52-46)48(45)37-24-12-15-27-40(37)49(41)31-17-5-3-6-18-31/h3-30H,1-2H3. The van der Waals surface area contributed by atoms with E-state index in [1.54, 1.807) is 0 Å². The SMILES string of the molecule is CC1(C)c2ccccc2N(c2cc3c4c(c2)N(c2ccccc2)c2sc5ccccc5c2B4c2ccccc2N3c2ccccc2)c2ccccc21. The average Bonchev–Trinajstić information content (AvgIpc) is 3.58. The zero-order valence-electron chi connectivity index (χ0n) is 29.0. The molecule has 3 nitrogen and oxygen atoms in total. The second kappa shape index (κ2) is 11.0. The lowest BCUT2D eigenvalue weighted by Gasteiger charge is -2.45. The van der Waals surface area contributed by atoms with Gasteiger partial charge in [0.25, 0.3) is 6.71 Å². The maximum absolute atomic E-state index is 2.54. The van der Waals surface area contributed by atoms with Crippen molar-refractivity contribution in [3.05, 3.63) is 181 Å². The highest BCUT2D eigenvalue weighted by molar-refractivity contribution is 7.26. The summed E-state index contributed by atoms with van der Waals surface area (Å²) in [7, 11) is 0. The second-order valence-electron chi connectivity index (χ2n) is 14.5. The van der Waals surface area contributed by atoms with Crippen molar-refractivity contribution in [1.29, 1.82) is 0 Å². The molecule has 11 rings (SSSR count). The van der Waals surface area contributed by atoms with Crippen molar-refractivity contribution in [2.24, 2.45) is 0 Å². The Hall–Kier alpha value is -6.04. The minimum atomic E-state index is -0.145. The van der Waals surface area contributed by atoms with Crippen LogP contribution >= 0.6 is 11.3 Å². The first kappa shape index (κ1) is 29.7. The van der Waals surface area contributed by atoms with E-state index in [9.17, 15) is 0 Å². The number of benzene rings is 7. The molecule has 0 radical (unpaired) electrons. The normalized spacial score (nSPS) is 14.7. The largest absolute Gasteiger partial charge is 0.311 e. The van der Waals surface area contributed by atoms with Gasteiger partial charge in [-0.25, -0.2) is 0 Å². The third kappa shape index (κ3) is 4.03. The molecule has 3 aliphatic heterocycles. The summed E-state index contributed by atoms with van der Waals surface area (Å²) < 4.78 is 1.31. The van der Waals surface area contributed by atoms with E-state index < -0.39 is 0 Å². The lowest BCUT2D eigenvalue weighted by molar-refractivity contribution is 0.632. The minimum absolute atomic E-state index is 0.0705. The van der Waals surface area contributed by atoms with Gasteiger partial charge in [-0.1, -0.05) is 123 Å². The molecule has 7 aromatic carbocycles. The summed E-state index contributed by atoms with van der Waals surface area (Å²) in [5, 5.41) is 2.62. The molecule has 0 amide bonds. The van der Waals surface area contributed by atoms with Crippen LogP contribution < -0.4 is 31.1 Å². The van der Waals surface area contributed by atoms with Crippen LogP contribution in [0.1, 0.15) is 25.0 Å². The van der Waals surface area contributed by atoms with Crippen LogP contribution in [0.4, 0.5) is 50.5 Å². The average molecular weight is 684 g/mol. The fourth-order valence-electron chi connectivity index (χ4n) is 9.17. The monoisotopic (exact) mass is 683 g/mol. The number of anilines is 9. The Morgan fingerprint density at radius 1 is 0.442 bits per heavy atom. The predicted octanol–water partition coefficient (Wildman–Crippen LogP) is 11.1. The van der Waals surface area contributed by atoms with Gasteiger partial charge in [-0.15, -0.1) is 11.3 Å². The van der Waals surface area contributed by atoms with Gasteiger partial charge >= 0.3 is 0 Å². The molecule has 0 bridgehead atoms. The highest BCUT2D eigenvalue weighted by Gasteiger charge is 2.46. The van der Waals surface area contributed by atoms with Gasteiger partial charge in [0.2, 0.25) is 0 Å². The molecule has 0 N–H and O–H groups in total. The van der Waals surface area contributed by atoms with E-state index in [1.165, 1.54) is 76.7 Å². The van der Waals surface area contributed by atoms with Crippen LogP contribution in [0.5, 0.6) is 0 Å². The summed E-state index contributed by atoms with van der Waals surface area (Å²) in [6.45, 7) is 4.79. The van der Waals surface area contributed by atoms with Crippen LogP contribution in [-0.2, 0) is 5.41 Å². The van der Waals surface area contributed by atoms with Crippen molar-refractivity contribution in [1.82, 2.24) is 0 Å². The first-order valence-electron chi connectivity index (χ1n) is 18.1. The van der Waals surface area contributed by atoms with E-state index in [4.69, 9.17) is 0 Å². The number of hydrogen-bond acceptors (Lipinski definition) is 4. The lowest BCUT2D eigenvalue weighted by Crippen LogP contribution is -2.61. The zero-order chi connectivity index (χ0) is 34.6. The van der Waals surface area contributed by atoms with E-state index in [0.29, 0.717) is 0 Å². The molecule has 8 aromatic rings. The molecule has 0 saturated heterocycles. The van der Waals surface area contributed by atoms with Crippen LogP contribution in [0.2, 0.25) is 0 Å². The van der Waals surface area contributed by atoms with Gasteiger partial charge in [0, 0.05) is 38.6 Å². The maximum Gasteiger partial charge on any atom is 0.254 e. The number of nitrogens with zero attached hydrogens (tertiary/aromatic N) is 3. The Balaban J connectivity index is 1.29. The molecule has 5 heteroatoms. The van der Waals surface area contributed by atoms with Crippen molar-refractivity contribution in [2.75, 3.05) is 14.7 Å². The third-order valence-electron chi connectivity index (χ3n) is 11.4. The van der Waals surface area contributed by atoms with E-state index in [1.807, 2.05) is 11.3 Å².